The lowest BCUT2D eigenvalue weighted by Crippen LogP contribution is -2.02. The van der Waals surface area contributed by atoms with Crippen LogP contribution in [0.15, 0.2) is 24.3 Å². The van der Waals surface area contributed by atoms with Gasteiger partial charge in [0.15, 0.2) is 0 Å². The lowest BCUT2D eigenvalue weighted by molar-refractivity contribution is -0.130. The Hall–Kier alpha value is -1.77. The molecule has 1 rings (SSSR count). The Balaban J connectivity index is 3.33. The van der Waals surface area contributed by atoms with Gasteiger partial charge < -0.3 is 9.84 Å². The second-order valence-corrected chi connectivity index (χ2v) is 3.21. The van der Waals surface area contributed by atoms with Gasteiger partial charge in [-0.3, -0.25) is 0 Å². The van der Waals surface area contributed by atoms with Crippen LogP contribution in [0.2, 0.25) is 0 Å². The van der Waals surface area contributed by atoms with E-state index < -0.39 is 5.97 Å². The third-order valence-corrected chi connectivity index (χ3v) is 2.16. The predicted molar refractivity (Wildman–Crippen MR) is 59.0 cm³/mol. The number of ether oxygens (including phenoxy) is 1. The van der Waals surface area contributed by atoms with Crippen LogP contribution in [0.25, 0.3) is 5.57 Å². The Morgan fingerprint density at radius 2 is 2.13 bits per heavy atom. The summed E-state index contributed by atoms with van der Waals surface area (Å²) in [6.07, 6.45) is 1.57. The van der Waals surface area contributed by atoms with Gasteiger partial charge in [0.25, 0.3) is 0 Å². The van der Waals surface area contributed by atoms with Gasteiger partial charge in [-0.15, -0.1) is 0 Å². The van der Waals surface area contributed by atoms with Gasteiger partial charge in [0.05, 0.1) is 12.7 Å². The molecule has 80 valence electrons. The number of aliphatic carboxylic acids is 1. The molecule has 1 aromatic carbocycles. The van der Waals surface area contributed by atoms with Gasteiger partial charge in [0.2, 0.25) is 0 Å². The van der Waals surface area contributed by atoms with Crippen LogP contribution in [0.5, 0.6) is 5.75 Å². The molecule has 0 amide bonds. The molecule has 0 spiro atoms. The number of methoxy groups -OCH3 is 1. The van der Waals surface area contributed by atoms with Crippen LogP contribution < -0.4 is 4.74 Å². The molecular weight excluding hydrogens is 192 g/mol. The van der Waals surface area contributed by atoms with Gasteiger partial charge >= 0.3 is 5.97 Å². The van der Waals surface area contributed by atoms with Crippen molar-refractivity contribution in [1.29, 1.82) is 0 Å². The predicted octanol–water partition coefficient (Wildman–Crippen LogP) is 2.49. The van der Waals surface area contributed by atoms with Crippen LogP contribution >= 0.6 is 0 Å². The fraction of sp³-hybridized carbons (Fsp3) is 0.250. The van der Waals surface area contributed by atoms with Crippen molar-refractivity contribution >= 4 is 11.5 Å². The number of hydrogen-bond acceptors (Lipinski definition) is 2. The average molecular weight is 206 g/mol. The molecule has 0 bridgehead atoms. The minimum atomic E-state index is -0.943. The van der Waals surface area contributed by atoms with Crippen molar-refractivity contribution in [2.75, 3.05) is 7.11 Å². The standard InChI is InChI=1S/C12H14O3/c1-4-9(12(13)14)10-7-8(2)5-6-11(10)15-3/h4-7H,1-3H3,(H,13,14)/b9-4+. The maximum absolute atomic E-state index is 11.0. The summed E-state index contributed by atoms with van der Waals surface area (Å²) < 4.78 is 5.13. The number of carboxylic acid groups (broad SMARTS) is 1. The molecule has 3 nitrogen and oxygen atoms in total. The van der Waals surface area contributed by atoms with Crippen LogP contribution in [-0.4, -0.2) is 18.2 Å². The maximum atomic E-state index is 11.0. The largest absolute Gasteiger partial charge is 0.496 e. The van der Waals surface area contributed by atoms with Crippen molar-refractivity contribution in [3.63, 3.8) is 0 Å². The summed E-state index contributed by atoms with van der Waals surface area (Å²) >= 11 is 0. The molecule has 0 atom stereocenters. The molecular formula is C12H14O3. The molecule has 3 heteroatoms. The third-order valence-electron chi connectivity index (χ3n) is 2.16. The van der Waals surface area contributed by atoms with Gasteiger partial charge in [0.1, 0.15) is 5.75 Å². The minimum absolute atomic E-state index is 0.260. The molecule has 0 heterocycles. The third kappa shape index (κ3) is 2.37. The van der Waals surface area contributed by atoms with Crippen LogP contribution in [-0.2, 0) is 4.79 Å². The summed E-state index contributed by atoms with van der Waals surface area (Å²) in [6.45, 7) is 3.61. The van der Waals surface area contributed by atoms with Crippen molar-refractivity contribution in [1.82, 2.24) is 0 Å². The molecule has 0 aliphatic rings. The summed E-state index contributed by atoms with van der Waals surface area (Å²) in [7, 11) is 1.53. The highest BCUT2D eigenvalue weighted by atomic mass is 16.5. The van der Waals surface area contributed by atoms with E-state index in [0.717, 1.165) is 5.56 Å². The van der Waals surface area contributed by atoms with E-state index in [9.17, 15) is 4.79 Å². The Labute approximate surface area is 89.0 Å². The highest BCUT2D eigenvalue weighted by Crippen LogP contribution is 2.27. The van der Waals surface area contributed by atoms with E-state index in [-0.39, 0.29) is 5.57 Å². The Bertz CT molecular complexity index is 405. The van der Waals surface area contributed by atoms with E-state index in [1.54, 1.807) is 19.1 Å². The van der Waals surface area contributed by atoms with E-state index in [1.165, 1.54) is 7.11 Å². The van der Waals surface area contributed by atoms with E-state index in [2.05, 4.69) is 0 Å². The van der Waals surface area contributed by atoms with Crippen LogP contribution in [0, 0.1) is 6.92 Å². The molecule has 1 aromatic rings. The zero-order valence-corrected chi connectivity index (χ0v) is 9.07. The Morgan fingerprint density at radius 1 is 1.47 bits per heavy atom. The van der Waals surface area contributed by atoms with Gasteiger partial charge in [0, 0.05) is 5.56 Å². The van der Waals surface area contributed by atoms with Crippen molar-refractivity contribution in [3.05, 3.63) is 35.4 Å². The first-order valence-corrected chi connectivity index (χ1v) is 4.64. The quantitative estimate of drug-likeness (QED) is 0.773. The summed E-state index contributed by atoms with van der Waals surface area (Å²) in [4.78, 5) is 11.0. The number of allylic oxidation sites excluding steroid dienone is 1. The Kier molecular flexibility index (Phi) is 3.50. The smallest absolute Gasteiger partial charge is 0.336 e. The summed E-state index contributed by atoms with van der Waals surface area (Å²) in [5.74, 6) is -0.363. The number of hydrogen-bond donors (Lipinski definition) is 1. The lowest BCUT2D eigenvalue weighted by Gasteiger charge is -2.09. The van der Waals surface area contributed by atoms with Crippen LogP contribution in [0.3, 0.4) is 0 Å². The average Bonchev–Trinajstić information content (AvgIpc) is 2.18. The number of rotatable bonds is 3. The van der Waals surface area contributed by atoms with Gasteiger partial charge in [-0.25, -0.2) is 4.79 Å². The fourth-order valence-corrected chi connectivity index (χ4v) is 1.43. The number of aryl methyl sites for hydroxylation is 1. The number of carbonyl (C=O) groups is 1. The highest BCUT2D eigenvalue weighted by Gasteiger charge is 2.14. The van der Waals surface area contributed by atoms with Crippen molar-refractivity contribution in [2.24, 2.45) is 0 Å². The van der Waals surface area contributed by atoms with Crippen LogP contribution in [0.4, 0.5) is 0 Å². The fourth-order valence-electron chi connectivity index (χ4n) is 1.43. The van der Waals surface area contributed by atoms with Crippen molar-refractivity contribution in [3.8, 4) is 5.75 Å². The molecule has 1 N–H and O–H groups in total. The van der Waals surface area contributed by atoms with Crippen LogP contribution in [0.1, 0.15) is 18.1 Å². The highest BCUT2D eigenvalue weighted by molar-refractivity contribution is 6.16. The zero-order chi connectivity index (χ0) is 11.4. The van der Waals surface area contributed by atoms with Gasteiger partial charge in [-0.05, 0) is 26.0 Å². The summed E-state index contributed by atoms with van der Waals surface area (Å²) in [6, 6.07) is 5.47. The first kappa shape index (κ1) is 11.3. The first-order valence-electron chi connectivity index (χ1n) is 4.64. The van der Waals surface area contributed by atoms with E-state index in [4.69, 9.17) is 9.84 Å². The topological polar surface area (TPSA) is 46.5 Å². The molecule has 0 aliphatic heterocycles. The van der Waals surface area contributed by atoms with Crippen molar-refractivity contribution in [2.45, 2.75) is 13.8 Å². The molecule has 0 unspecified atom stereocenters. The number of carboxylic acids is 1. The molecule has 0 aromatic heterocycles. The second-order valence-electron chi connectivity index (χ2n) is 3.21. The maximum Gasteiger partial charge on any atom is 0.336 e. The first-order chi connectivity index (χ1) is 7.10. The molecule has 0 saturated carbocycles. The monoisotopic (exact) mass is 206 g/mol. The molecule has 0 radical (unpaired) electrons. The van der Waals surface area contributed by atoms with E-state index in [0.29, 0.717) is 11.3 Å². The SMILES string of the molecule is C/C=C(/C(=O)O)c1cc(C)ccc1OC. The summed E-state index contributed by atoms with van der Waals surface area (Å²) in [5, 5.41) is 9.01. The Morgan fingerprint density at radius 3 is 2.60 bits per heavy atom. The van der Waals surface area contributed by atoms with Gasteiger partial charge in [-0.1, -0.05) is 17.7 Å². The molecule has 0 aliphatic carbocycles. The van der Waals surface area contributed by atoms with E-state index in [1.807, 2.05) is 19.1 Å². The molecule has 0 fully saturated rings. The van der Waals surface area contributed by atoms with E-state index >= 15 is 0 Å². The van der Waals surface area contributed by atoms with Crippen molar-refractivity contribution < 1.29 is 14.6 Å². The minimum Gasteiger partial charge on any atom is -0.496 e. The summed E-state index contributed by atoms with van der Waals surface area (Å²) in [5.41, 5.74) is 1.88. The molecule has 0 saturated heterocycles. The molecule has 15 heavy (non-hydrogen) atoms. The zero-order valence-electron chi connectivity index (χ0n) is 9.07. The van der Waals surface area contributed by atoms with Gasteiger partial charge in [-0.2, -0.15) is 0 Å². The lowest BCUT2D eigenvalue weighted by atomic mass is 10.0. The second kappa shape index (κ2) is 4.64. The number of benzene rings is 1. The normalized spacial score (nSPS) is 11.3.